The lowest BCUT2D eigenvalue weighted by Gasteiger charge is -2.18. The molecule has 0 bridgehead atoms. The number of thiocarbonyl (C=S) groups is 1. The molecule has 6 heteroatoms. The number of aliphatic imine (C=N–C) groups is 1. The third-order valence-electron chi connectivity index (χ3n) is 3.61. The molecule has 0 aliphatic carbocycles. The van der Waals surface area contributed by atoms with Crippen molar-refractivity contribution in [2.75, 3.05) is 30.9 Å². The molecule has 0 unspecified atom stereocenters. The summed E-state index contributed by atoms with van der Waals surface area (Å²) in [5, 5.41) is 3.72. The molecule has 118 valence electrons. The van der Waals surface area contributed by atoms with Crippen LogP contribution < -0.4 is 10.2 Å². The fourth-order valence-electron chi connectivity index (χ4n) is 2.51. The molecular formula is C17H15ClFN3S. The zero-order valence-electron chi connectivity index (χ0n) is 12.7. The molecule has 3 nitrogen and oxygen atoms in total. The summed E-state index contributed by atoms with van der Waals surface area (Å²) in [4.78, 5) is 6.85. The highest BCUT2D eigenvalue weighted by atomic mass is 35.5. The molecule has 0 amide bonds. The van der Waals surface area contributed by atoms with Crippen LogP contribution in [0.5, 0.6) is 0 Å². The van der Waals surface area contributed by atoms with Gasteiger partial charge in [-0.1, -0.05) is 42.0 Å². The SMILES string of the molecule is CN(C)c1cc2c(cc1F)C(c1ccccc1Cl)=NCC(=S)N2. The first-order valence-corrected chi connectivity index (χ1v) is 7.86. The summed E-state index contributed by atoms with van der Waals surface area (Å²) >= 11 is 11.6. The standard InChI is InChI=1S/C17H15ClFN3S/c1-22(2)15-8-14-11(7-13(15)19)17(20-9-16(23)21-14)10-5-3-4-6-12(10)18/h3-8H,9H2,1-2H3,(H,21,23). The van der Waals surface area contributed by atoms with Gasteiger partial charge in [0.1, 0.15) is 10.8 Å². The van der Waals surface area contributed by atoms with Crippen LogP contribution in [0.15, 0.2) is 41.4 Å². The maximum atomic E-state index is 14.5. The number of halogens is 2. The van der Waals surface area contributed by atoms with Crippen LogP contribution in [-0.4, -0.2) is 31.3 Å². The Labute approximate surface area is 144 Å². The van der Waals surface area contributed by atoms with Gasteiger partial charge >= 0.3 is 0 Å². The molecular weight excluding hydrogens is 333 g/mol. The van der Waals surface area contributed by atoms with Crippen LogP contribution in [0.4, 0.5) is 15.8 Å². The Hall–Kier alpha value is -1.98. The van der Waals surface area contributed by atoms with E-state index < -0.39 is 0 Å². The quantitative estimate of drug-likeness (QED) is 0.827. The van der Waals surface area contributed by atoms with Gasteiger partial charge in [0.15, 0.2) is 0 Å². The van der Waals surface area contributed by atoms with Crippen LogP contribution in [0.2, 0.25) is 5.02 Å². The van der Waals surface area contributed by atoms with Gasteiger partial charge in [-0.15, -0.1) is 0 Å². The molecule has 1 heterocycles. The fraction of sp³-hybridized carbons (Fsp3) is 0.176. The normalized spacial score (nSPS) is 13.7. The largest absolute Gasteiger partial charge is 0.375 e. The molecule has 0 fully saturated rings. The van der Waals surface area contributed by atoms with Crippen molar-refractivity contribution in [2.45, 2.75) is 0 Å². The van der Waals surface area contributed by atoms with E-state index in [0.29, 0.717) is 33.5 Å². The van der Waals surface area contributed by atoms with Gasteiger partial charge in [-0.05, 0) is 18.2 Å². The molecule has 0 saturated heterocycles. The molecule has 0 atom stereocenters. The zero-order valence-corrected chi connectivity index (χ0v) is 14.3. The lowest BCUT2D eigenvalue weighted by molar-refractivity contribution is 0.626. The molecule has 0 spiro atoms. The van der Waals surface area contributed by atoms with Crippen LogP contribution in [0.25, 0.3) is 0 Å². The maximum Gasteiger partial charge on any atom is 0.147 e. The minimum atomic E-state index is -0.317. The Kier molecular flexibility index (Phi) is 4.33. The van der Waals surface area contributed by atoms with Crippen molar-refractivity contribution in [3.63, 3.8) is 0 Å². The third kappa shape index (κ3) is 3.07. The lowest BCUT2D eigenvalue weighted by Crippen LogP contribution is -2.15. The first-order valence-electron chi connectivity index (χ1n) is 7.08. The van der Waals surface area contributed by atoms with Crippen molar-refractivity contribution in [3.8, 4) is 0 Å². The first-order chi connectivity index (χ1) is 11.0. The predicted octanol–water partition coefficient (Wildman–Crippen LogP) is 4.14. The van der Waals surface area contributed by atoms with E-state index in [-0.39, 0.29) is 5.82 Å². The summed E-state index contributed by atoms with van der Waals surface area (Å²) < 4.78 is 14.5. The molecule has 0 aromatic heterocycles. The number of fused-ring (bicyclic) bond motifs is 1. The minimum Gasteiger partial charge on any atom is -0.375 e. The van der Waals surface area contributed by atoms with E-state index in [1.807, 2.05) is 18.2 Å². The second-order valence-corrected chi connectivity index (χ2v) is 6.34. The van der Waals surface area contributed by atoms with Crippen LogP contribution in [-0.2, 0) is 0 Å². The number of anilines is 2. The Bertz CT molecular complexity index is 817. The summed E-state index contributed by atoms with van der Waals surface area (Å²) in [5.41, 5.74) is 3.28. The first kappa shape index (κ1) is 15.9. The van der Waals surface area contributed by atoms with Crippen LogP contribution in [0.3, 0.4) is 0 Å². The van der Waals surface area contributed by atoms with E-state index >= 15 is 0 Å². The highest BCUT2D eigenvalue weighted by Gasteiger charge is 2.21. The Morgan fingerprint density at radius 3 is 2.65 bits per heavy atom. The average molecular weight is 348 g/mol. The number of hydrogen-bond acceptors (Lipinski definition) is 3. The highest BCUT2D eigenvalue weighted by molar-refractivity contribution is 7.80. The molecule has 0 radical (unpaired) electrons. The smallest absolute Gasteiger partial charge is 0.147 e. The monoisotopic (exact) mass is 347 g/mol. The molecule has 1 aliphatic heterocycles. The highest BCUT2D eigenvalue weighted by Crippen LogP contribution is 2.31. The fourth-order valence-corrected chi connectivity index (χ4v) is 2.91. The zero-order chi connectivity index (χ0) is 16.6. The Morgan fingerprint density at radius 2 is 1.96 bits per heavy atom. The minimum absolute atomic E-state index is 0.317. The number of benzodiazepines with no additional fused rings is 1. The van der Waals surface area contributed by atoms with E-state index in [2.05, 4.69) is 10.3 Å². The van der Waals surface area contributed by atoms with Crippen LogP contribution >= 0.6 is 23.8 Å². The summed E-state index contributed by atoms with van der Waals surface area (Å²) in [7, 11) is 3.59. The molecule has 2 aromatic carbocycles. The van der Waals surface area contributed by atoms with E-state index in [4.69, 9.17) is 23.8 Å². The predicted molar refractivity (Wildman–Crippen MR) is 98.9 cm³/mol. The van der Waals surface area contributed by atoms with Gasteiger partial charge in [-0.3, -0.25) is 4.99 Å². The summed E-state index contributed by atoms with van der Waals surface area (Å²) in [6, 6.07) is 10.6. The Morgan fingerprint density at radius 1 is 1.22 bits per heavy atom. The molecule has 1 aliphatic rings. The molecule has 1 N–H and O–H groups in total. The molecule has 0 saturated carbocycles. The van der Waals surface area contributed by atoms with Gasteiger partial charge in [-0.2, -0.15) is 0 Å². The number of nitrogens with zero attached hydrogens (tertiary/aromatic N) is 2. The molecule has 2 aromatic rings. The summed E-state index contributed by atoms with van der Waals surface area (Å²) in [6.45, 7) is 0.337. The number of hydrogen-bond donors (Lipinski definition) is 1. The van der Waals surface area contributed by atoms with Gasteiger partial charge in [0.2, 0.25) is 0 Å². The molecule has 3 rings (SSSR count). The van der Waals surface area contributed by atoms with Gasteiger partial charge in [0.05, 0.1) is 23.6 Å². The maximum absolute atomic E-state index is 14.5. The van der Waals surface area contributed by atoms with Crippen molar-refractivity contribution in [3.05, 3.63) is 58.4 Å². The summed E-state index contributed by atoms with van der Waals surface area (Å²) in [5.74, 6) is -0.317. The van der Waals surface area contributed by atoms with Gasteiger partial charge in [0, 0.05) is 30.2 Å². The van der Waals surface area contributed by atoms with E-state index in [1.165, 1.54) is 6.07 Å². The Balaban J connectivity index is 2.23. The number of benzene rings is 2. The second-order valence-electron chi connectivity index (χ2n) is 5.44. The van der Waals surface area contributed by atoms with Crippen molar-refractivity contribution in [1.29, 1.82) is 0 Å². The van der Waals surface area contributed by atoms with Crippen molar-refractivity contribution < 1.29 is 4.39 Å². The van der Waals surface area contributed by atoms with Crippen molar-refractivity contribution in [1.82, 2.24) is 0 Å². The van der Waals surface area contributed by atoms with Crippen molar-refractivity contribution >= 4 is 45.9 Å². The van der Waals surface area contributed by atoms with E-state index in [9.17, 15) is 4.39 Å². The van der Waals surface area contributed by atoms with Gasteiger partial charge in [-0.25, -0.2) is 4.39 Å². The third-order valence-corrected chi connectivity index (χ3v) is 4.17. The lowest BCUT2D eigenvalue weighted by atomic mass is 9.99. The topological polar surface area (TPSA) is 27.6 Å². The van der Waals surface area contributed by atoms with E-state index in [0.717, 1.165) is 11.3 Å². The molecule has 23 heavy (non-hydrogen) atoms. The summed E-state index contributed by atoms with van der Waals surface area (Å²) in [6.07, 6.45) is 0. The van der Waals surface area contributed by atoms with Crippen LogP contribution in [0, 0.1) is 5.82 Å². The number of rotatable bonds is 2. The number of nitrogens with one attached hydrogen (secondary N) is 1. The van der Waals surface area contributed by atoms with Gasteiger partial charge in [0.25, 0.3) is 0 Å². The van der Waals surface area contributed by atoms with Crippen molar-refractivity contribution in [2.24, 2.45) is 4.99 Å². The van der Waals surface area contributed by atoms with Gasteiger partial charge < -0.3 is 10.2 Å². The van der Waals surface area contributed by atoms with E-state index in [1.54, 1.807) is 31.1 Å². The second kappa shape index (κ2) is 6.26. The van der Waals surface area contributed by atoms with Crippen LogP contribution in [0.1, 0.15) is 11.1 Å². The average Bonchev–Trinajstić information content (AvgIpc) is 2.65.